The van der Waals surface area contributed by atoms with E-state index in [1.165, 1.54) is 19.2 Å². The molecule has 1 atom stereocenters. The summed E-state index contributed by atoms with van der Waals surface area (Å²) in [5, 5.41) is 10.5. The predicted octanol–water partition coefficient (Wildman–Crippen LogP) is 2.59. The first-order chi connectivity index (χ1) is 8.52. The van der Waals surface area contributed by atoms with Crippen molar-refractivity contribution in [3.05, 3.63) is 52.3 Å². The molecule has 1 aromatic carbocycles. The summed E-state index contributed by atoms with van der Waals surface area (Å²) in [7, 11) is 1.45. The van der Waals surface area contributed by atoms with Gasteiger partial charge in [0.25, 0.3) is 5.69 Å². The van der Waals surface area contributed by atoms with Crippen molar-refractivity contribution in [2.75, 3.05) is 7.11 Å². The minimum Gasteiger partial charge on any atom is -0.447 e. The summed E-state index contributed by atoms with van der Waals surface area (Å²) in [5.41, 5.74) is 0.827. The monoisotopic (exact) mass is 253 g/mol. The molecule has 0 spiro atoms. The normalized spacial score (nSPS) is 11.9. The molecule has 0 fully saturated rings. The Balaban J connectivity index is 2.52. The third-order valence-corrected chi connectivity index (χ3v) is 2.02. The summed E-state index contributed by atoms with van der Waals surface area (Å²) < 4.78 is 15.4. The fourth-order valence-corrected chi connectivity index (χ4v) is 1.19. The number of rotatable bonds is 7. The number of nitro groups is 1. The molecule has 0 radical (unpaired) electrons. The lowest BCUT2D eigenvalue weighted by Crippen LogP contribution is -2.18. The van der Waals surface area contributed by atoms with Crippen LogP contribution in [0, 0.1) is 10.1 Å². The van der Waals surface area contributed by atoms with Gasteiger partial charge in [0.05, 0.1) is 17.3 Å². The Morgan fingerprint density at radius 2 is 2.06 bits per heavy atom. The van der Waals surface area contributed by atoms with Crippen molar-refractivity contribution >= 4 is 5.69 Å². The van der Waals surface area contributed by atoms with Crippen LogP contribution < -0.4 is 0 Å². The first-order valence-electron chi connectivity index (χ1n) is 5.23. The number of methoxy groups -OCH3 is 1. The zero-order valence-electron chi connectivity index (χ0n) is 10.3. The third-order valence-electron chi connectivity index (χ3n) is 2.02. The first kappa shape index (κ1) is 14.1. The van der Waals surface area contributed by atoms with E-state index < -0.39 is 11.4 Å². The SMILES string of the molecule is C=C(C)OC(OC)OCc1ccc([N+](=O)[O-])cc1. The molecular formula is C12H15NO5. The van der Waals surface area contributed by atoms with Gasteiger partial charge in [0.1, 0.15) is 0 Å². The van der Waals surface area contributed by atoms with Crippen LogP contribution in [0.4, 0.5) is 5.69 Å². The summed E-state index contributed by atoms with van der Waals surface area (Å²) in [4.78, 5) is 10.0. The molecule has 18 heavy (non-hydrogen) atoms. The molecule has 0 bridgehead atoms. The molecule has 0 aromatic heterocycles. The molecule has 6 heteroatoms. The van der Waals surface area contributed by atoms with Crippen molar-refractivity contribution in [2.45, 2.75) is 20.0 Å². The lowest BCUT2D eigenvalue weighted by Gasteiger charge is -2.17. The molecule has 0 amide bonds. The van der Waals surface area contributed by atoms with Crippen LogP contribution in [-0.2, 0) is 20.8 Å². The highest BCUT2D eigenvalue weighted by molar-refractivity contribution is 5.32. The summed E-state index contributed by atoms with van der Waals surface area (Å²) in [6.07, 6.45) is 0. The van der Waals surface area contributed by atoms with E-state index in [1.807, 2.05) is 0 Å². The Morgan fingerprint density at radius 1 is 1.44 bits per heavy atom. The van der Waals surface area contributed by atoms with Gasteiger partial charge in [-0.1, -0.05) is 6.58 Å². The quantitative estimate of drug-likeness (QED) is 0.323. The second-order valence-electron chi connectivity index (χ2n) is 3.58. The number of nitrogens with zero attached hydrogens (tertiary/aromatic N) is 1. The lowest BCUT2D eigenvalue weighted by molar-refractivity contribution is -0.384. The van der Waals surface area contributed by atoms with Crippen molar-refractivity contribution in [1.82, 2.24) is 0 Å². The largest absolute Gasteiger partial charge is 0.447 e. The number of hydrogen-bond donors (Lipinski definition) is 0. The van der Waals surface area contributed by atoms with E-state index in [-0.39, 0.29) is 12.3 Å². The van der Waals surface area contributed by atoms with Gasteiger partial charge in [-0.3, -0.25) is 10.1 Å². The number of nitro benzene ring substituents is 1. The Bertz CT molecular complexity index is 415. The van der Waals surface area contributed by atoms with Crippen molar-refractivity contribution in [3.8, 4) is 0 Å². The van der Waals surface area contributed by atoms with E-state index in [9.17, 15) is 10.1 Å². The molecule has 0 aliphatic heterocycles. The van der Waals surface area contributed by atoms with Crippen LogP contribution in [0.15, 0.2) is 36.6 Å². The van der Waals surface area contributed by atoms with E-state index in [4.69, 9.17) is 14.2 Å². The maximum absolute atomic E-state index is 10.5. The van der Waals surface area contributed by atoms with E-state index in [2.05, 4.69) is 6.58 Å². The van der Waals surface area contributed by atoms with Gasteiger partial charge >= 0.3 is 6.48 Å². The maximum Gasteiger partial charge on any atom is 0.315 e. The molecule has 0 saturated carbocycles. The summed E-state index contributed by atoms with van der Waals surface area (Å²) >= 11 is 0. The first-order valence-corrected chi connectivity index (χ1v) is 5.23. The Morgan fingerprint density at radius 3 is 2.50 bits per heavy atom. The minimum atomic E-state index is -0.835. The van der Waals surface area contributed by atoms with Gasteiger partial charge < -0.3 is 14.2 Å². The van der Waals surface area contributed by atoms with Gasteiger partial charge in [0.2, 0.25) is 0 Å². The highest BCUT2D eigenvalue weighted by Crippen LogP contribution is 2.13. The molecule has 0 N–H and O–H groups in total. The third kappa shape index (κ3) is 4.52. The second-order valence-corrected chi connectivity index (χ2v) is 3.58. The topological polar surface area (TPSA) is 70.8 Å². The van der Waals surface area contributed by atoms with Crippen LogP contribution in [0.2, 0.25) is 0 Å². The van der Waals surface area contributed by atoms with Crippen molar-refractivity contribution in [1.29, 1.82) is 0 Å². The minimum absolute atomic E-state index is 0.0419. The number of allylic oxidation sites excluding steroid dienone is 1. The number of hydrogen-bond acceptors (Lipinski definition) is 5. The molecule has 0 aliphatic rings. The Hall–Kier alpha value is -1.92. The van der Waals surface area contributed by atoms with Crippen LogP contribution in [0.1, 0.15) is 12.5 Å². The Kier molecular flexibility index (Phi) is 5.29. The maximum atomic E-state index is 10.5. The van der Waals surface area contributed by atoms with E-state index in [0.717, 1.165) is 5.56 Å². The molecule has 1 aromatic rings. The fraction of sp³-hybridized carbons (Fsp3) is 0.333. The number of ether oxygens (including phenoxy) is 3. The zero-order valence-corrected chi connectivity index (χ0v) is 10.3. The molecular weight excluding hydrogens is 238 g/mol. The average molecular weight is 253 g/mol. The van der Waals surface area contributed by atoms with Gasteiger partial charge in [-0.15, -0.1) is 0 Å². The summed E-state index contributed by atoms with van der Waals surface area (Å²) in [6, 6.07) is 6.07. The smallest absolute Gasteiger partial charge is 0.315 e. The molecule has 0 saturated heterocycles. The number of benzene rings is 1. The standard InChI is InChI=1S/C12H15NO5/c1-9(2)18-12(16-3)17-8-10-4-6-11(7-5-10)13(14)15/h4-7,12H,1,8H2,2-3H3. The fourth-order valence-electron chi connectivity index (χ4n) is 1.19. The number of non-ortho nitro benzene ring substituents is 1. The summed E-state index contributed by atoms with van der Waals surface area (Å²) in [6.45, 7) is 4.64. The van der Waals surface area contributed by atoms with Gasteiger partial charge in [-0.05, 0) is 24.6 Å². The second kappa shape index (κ2) is 6.73. The highest BCUT2D eigenvalue weighted by atomic mass is 16.8. The molecule has 1 rings (SSSR count). The van der Waals surface area contributed by atoms with Crippen molar-refractivity contribution in [2.24, 2.45) is 0 Å². The van der Waals surface area contributed by atoms with E-state index >= 15 is 0 Å². The Labute approximate surface area is 105 Å². The van der Waals surface area contributed by atoms with Crippen LogP contribution in [0.3, 0.4) is 0 Å². The van der Waals surface area contributed by atoms with Crippen LogP contribution >= 0.6 is 0 Å². The van der Waals surface area contributed by atoms with Gasteiger partial charge in [0, 0.05) is 19.2 Å². The van der Waals surface area contributed by atoms with Gasteiger partial charge in [-0.25, -0.2) is 0 Å². The van der Waals surface area contributed by atoms with Gasteiger partial charge in [0.15, 0.2) is 0 Å². The van der Waals surface area contributed by atoms with Crippen LogP contribution in [-0.4, -0.2) is 18.5 Å². The van der Waals surface area contributed by atoms with Crippen molar-refractivity contribution < 1.29 is 19.1 Å². The average Bonchev–Trinajstić information content (AvgIpc) is 2.34. The van der Waals surface area contributed by atoms with Crippen LogP contribution in [0.5, 0.6) is 0 Å². The zero-order chi connectivity index (χ0) is 13.5. The van der Waals surface area contributed by atoms with E-state index in [1.54, 1.807) is 19.1 Å². The highest BCUT2D eigenvalue weighted by Gasteiger charge is 2.09. The van der Waals surface area contributed by atoms with E-state index in [0.29, 0.717) is 5.76 Å². The summed E-state index contributed by atoms with van der Waals surface area (Å²) in [5.74, 6) is 0.477. The van der Waals surface area contributed by atoms with Crippen LogP contribution in [0.25, 0.3) is 0 Å². The lowest BCUT2D eigenvalue weighted by atomic mass is 10.2. The molecule has 98 valence electrons. The molecule has 1 unspecified atom stereocenters. The van der Waals surface area contributed by atoms with Crippen molar-refractivity contribution in [3.63, 3.8) is 0 Å². The molecule has 6 nitrogen and oxygen atoms in total. The van der Waals surface area contributed by atoms with Gasteiger partial charge in [-0.2, -0.15) is 0 Å². The predicted molar refractivity (Wildman–Crippen MR) is 64.6 cm³/mol. The molecule has 0 aliphatic carbocycles. The molecule has 0 heterocycles.